The summed E-state index contributed by atoms with van der Waals surface area (Å²) in [6.07, 6.45) is 2.47. The summed E-state index contributed by atoms with van der Waals surface area (Å²) in [7, 11) is 0. The predicted octanol–water partition coefficient (Wildman–Crippen LogP) is 2.57. The Kier molecular flexibility index (Phi) is 2.44. The Morgan fingerprint density at radius 2 is 2.11 bits per heavy atom. The Labute approximate surface area is 105 Å². The van der Waals surface area contributed by atoms with Crippen molar-refractivity contribution in [1.29, 1.82) is 0 Å². The standard InChI is InChI=1S/C14H14N2O2/c1-8-2-4-9(5-3-8)12-7-15-13(16-12)10-6-11(10)14(17)18/h2-5,7,10-11H,6H2,1H3,(H,15,16)(H,17,18). The third-order valence-electron chi connectivity index (χ3n) is 3.42. The molecule has 0 bridgehead atoms. The molecular formula is C14H14N2O2. The summed E-state index contributed by atoms with van der Waals surface area (Å²) in [5.41, 5.74) is 3.24. The normalized spacial score (nSPS) is 21.8. The van der Waals surface area contributed by atoms with E-state index < -0.39 is 5.97 Å². The average Bonchev–Trinajstić information content (AvgIpc) is 3.02. The smallest absolute Gasteiger partial charge is 0.307 e. The highest BCUT2D eigenvalue weighted by atomic mass is 16.4. The van der Waals surface area contributed by atoms with Crippen LogP contribution < -0.4 is 0 Å². The van der Waals surface area contributed by atoms with E-state index in [4.69, 9.17) is 5.11 Å². The van der Waals surface area contributed by atoms with Crippen LogP contribution in [-0.2, 0) is 4.79 Å². The lowest BCUT2D eigenvalue weighted by molar-refractivity contribution is -0.138. The quantitative estimate of drug-likeness (QED) is 0.869. The molecule has 1 aromatic carbocycles. The van der Waals surface area contributed by atoms with Gasteiger partial charge in [-0.1, -0.05) is 29.8 Å². The number of aromatic nitrogens is 2. The molecule has 1 saturated carbocycles. The number of imidazole rings is 1. The first-order valence-corrected chi connectivity index (χ1v) is 6.00. The maximum Gasteiger partial charge on any atom is 0.307 e. The van der Waals surface area contributed by atoms with Crippen LogP contribution in [0.5, 0.6) is 0 Å². The van der Waals surface area contributed by atoms with Crippen molar-refractivity contribution in [3.8, 4) is 11.3 Å². The molecule has 1 heterocycles. The minimum Gasteiger partial charge on any atom is -0.481 e. The number of carboxylic acids is 1. The second-order valence-corrected chi connectivity index (χ2v) is 4.84. The fourth-order valence-electron chi connectivity index (χ4n) is 2.18. The van der Waals surface area contributed by atoms with E-state index in [9.17, 15) is 4.79 Å². The summed E-state index contributed by atoms with van der Waals surface area (Å²) in [5.74, 6) is -0.144. The molecule has 92 valence electrons. The summed E-state index contributed by atoms with van der Waals surface area (Å²) >= 11 is 0. The van der Waals surface area contributed by atoms with Crippen molar-refractivity contribution in [3.63, 3.8) is 0 Å². The molecule has 18 heavy (non-hydrogen) atoms. The van der Waals surface area contributed by atoms with Crippen molar-refractivity contribution in [2.24, 2.45) is 5.92 Å². The number of carboxylic acid groups (broad SMARTS) is 1. The molecule has 0 spiro atoms. The molecule has 2 atom stereocenters. The topological polar surface area (TPSA) is 66.0 Å². The first kappa shape index (κ1) is 11.0. The van der Waals surface area contributed by atoms with E-state index in [1.165, 1.54) is 5.56 Å². The van der Waals surface area contributed by atoms with E-state index >= 15 is 0 Å². The highest BCUT2D eigenvalue weighted by Gasteiger charge is 2.46. The third-order valence-corrected chi connectivity index (χ3v) is 3.42. The molecule has 0 saturated heterocycles. The largest absolute Gasteiger partial charge is 0.481 e. The van der Waals surface area contributed by atoms with Crippen LogP contribution >= 0.6 is 0 Å². The molecule has 0 aliphatic heterocycles. The average molecular weight is 242 g/mol. The van der Waals surface area contributed by atoms with Crippen LogP contribution in [0.25, 0.3) is 11.3 Å². The van der Waals surface area contributed by atoms with E-state index in [0.717, 1.165) is 17.1 Å². The first-order valence-electron chi connectivity index (χ1n) is 6.00. The molecule has 2 N–H and O–H groups in total. The SMILES string of the molecule is Cc1ccc(-c2cnc(C3CC3C(=O)O)[nH]2)cc1. The zero-order chi connectivity index (χ0) is 12.7. The number of hydrogen-bond acceptors (Lipinski definition) is 2. The number of carbonyl (C=O) groups is 1. The van der Waals surface area contributed by atoms with Crippen LogP contribution in [0.1, 0.15) is 23.7 Å². The summed E-state index contributed by atoms with van der Waals surface area (Å²) in [4.78, 5) is 18.3. The molecule has 1 aliphatic carbocycles. The van der Waals surface area contributed by atoms with Gasteiger partial charge in [0.2, 0.25) is 0 Å². The number of nitrogens with zero attached hydrogens (tertiary/aromatic N) is 1. The first-order chi connectivity index (χ1) is 8.65. The number of rotatable bonds is 3. The second-order valence-electron chi connectivity index (χ2n) is 4.84. The van der Waals surface area contributed by atoms with Crippen molar-refractivity contribution < 1.29 is 9.90 Å². The molecule has 0 amide bonds. The van der Waals surface area contributed by atoms with Gasteiger partial charge in [0.25, 0.3) is 0 Å². The highest BCUT2D eigenvalue weighted by molar-refractivity contribution is 5.75. The lowest BCUT2D eigenvalue weighted by atomic mass is 10.1. The number of hydrogen-bond donors (Lipinski definition) is 2. The van der Waals surface area contributed by atoms with Gasteiger partial charge in [-0.15, -0.1) is 0 Å². The molecular weight excluding hydrogens is 228 g/mol. The molecule has 1 fully saturated rings. The Morgan fingerprint density at radius 1 is 1.39 bits per heavy atom. The van der Waals surface area contributed by atoms with E-state index in [-0.39, 0.29) is 11.8 Å². The van der Waals surface area contributed by atoms with Crippen LogP contribution in [0.4, 0.5) is 0 Å². The predicted molar refractivity (Wildman–Crippen MR) is 67.2 cm³/mol. The number of H-pyrrole nitrogens is 1. The summed E-state index contributed by atoms with van der Waals surface area (Å²) < 4.78 is 0. The van der Waals surface area contributed by atoms with E-state index in [1.807, 2.05) is 31.2 Å². The van der Waals surface area contributed by atoms with Gasteiger partial charge in [0.05, 0.1) is 17.8 Å². The molecule has 1 aromatic heterocycles. The lowest BCUT2D eigenvalue weighted by Gasteiger charge is -1.98. The van der Waals surface area contributed by atoms with Gasteiger partial charge in [-0.3, -0.25) is 4.79 Å². The minimum atomic E-state index is -0.728. The van der Waals surface area contributed by atoms with E-state index in [1.54, 1.807) is 6.20 Å². The molecule has 0 radical (unpaired) electrons. The molecule has 4 nitrogen and oxygen atoms in total. The van der Waals surface area contributed by atoms with E-state index in [2.05, 4.69) is 9.97 Å². The fraction of sp³-hybridized carbons (Fsp3) is 0.286. The van der Waals surface area contributed by atoms with Crippen molar-refractivity contribution in [3.05, 3.63) is 41.9 Å². The fourth-order valence-corrected chi connectivity index (χ4v) is 2.18. The number of aryl methyl sites for hydroxylation is 1. The van der Waals surface area contributed by atoms with Gasteiger partial charge >= 0.3 is 5.97 Å². The molecule has 2 aromatic rings. The van der Waals surface area contributed by atoms with Gasteiger partial charge in [0.1, 0.15) is 5.82 Å². The van der Waals surface area contributed by atoms with Crippen LogP contribution in [-0.4, -0.2) is 21.0 Å². The number of benzene rings is 1. The Balaban J connectivity index is 1.82. The van der Waals surface area contributed by atoms with Crippen LogP contribution in [0.2, 0.25) is 0 Å². The minimum absolute atomic E-state index is 0.0571. The lowest BCUT2D eigenvalue weighted by Crippen LogP contribution is -1.99. The Morgan fingerprint density at radius 3 is 2.72 bits per heavy atom. The summed E-state index contributed by atoms with van der Waals surface area (Å²) in [6.45, 7) is 2.05. The monoisotopic (exact) mass is 242 g/mol. The number of aliphatic carboxylic acids is 1. The zero-order valence-corrected chi connectivity index (χ0v) is 10.1. The van der Waals surface area contributed by atoms with Crippen molar-refractivity contribution in [2.45, 2.75) is 19.3 Å². The van der Waals surface area contributed by atoms with Gasteiger partial charge in [-0.25, -0.2) is 4.98 Å². The summed E-state index contributed by atoms with van der Waals surface area (Å²) in [6, 6.07) is 8.17. The maximum absolute atomic E-state index is 10.8. The highest BCUT2D eigenvalue weighted by Crippen LogP contribution is 2.46. The van der Waals surface area contributed by atoms with Gasteiger partial charge < -0.3 is 10.1 Å². The van der Waals surface area contributed by atoms with Crippen molar-refractivity contribution in [2.75, 3.05) is 0 Å². The molecule has 4 heteroatoms. The van der Waals surface area contributed by atoms with Gasteiger partial charge in [0, 0.05) is 5.92 Å². The maximum atomic E-state index is 10.8. The summed E-state index contributed by atoms with van der Waals surface area (Å²) in [5, 5.41) is 8.90. The van der Waals surface area contributed by atoms with Crippen molar-refractivity contribution in [1.82, 2.24) is 9.97 Å². The van der Waals surface area contributed by atoms with Crippen molar-refractivity contribution >= 4 is 5.97 Å². The third kappa shape index (κ3) is 1.90. The van der Waals surface area contributed by atoms with E-state index in [0.29, 0.717) is 6.42 Å². The second kappa shape index (κ2) is 3.98. The van der Waals surface area contributed by atoms with Crippen LogP contribution in [0, 0.1) is 12.8 Å². The number of aromatic amines is 1. The molecule has 1 aliphatic rings. The molecule has 3 rings (SSSR count). The van der Waals surface area contributed by atoms with Crippen LogP contribution in [0.15, 0.2) is 30.5 Å². The van der Waals surface area contributed by atoms with Gasteiger partial charge in [-0.05, 0) is 18.9 Å². The zero-order valence-electron chi connectivity index (χ0n) is 10.1. The van der Waals surface area contributed by atoms with Gasteiger partial charge in [-0.2, -0.15) is 0 Å². The number of nitrogens with one attached hydrogen (secondary N) is 1. The Hall–Kier alpha value is -2.10. The molecule has 2 unspecified atom stereocenters. The van der Waals surface area contributed by atoms with Gasteiger partial charge in [0.15, 0.2) is 0 Å². The van der Waals surface area contributed by atoms with Crippen LogP contribution in [0.3, 0.4) is 0 Å². The Bertz CT molecular complexity index is 586.